The summed E-state index contributed by atoms with van der Waals surface area (Å²) in [6, 6.07) is 3.44. The Kier molecular flexibility index (Phi) is 2.87. The summed E-state index contributed by atoms with van der Waals surface area (Å²) in [6.07, 6.45) is -2.30. The van der Waals surface area contributed by atoms with Crippen molar-refractivity contribution in [3.05, 3.63) is 35.6 Å². The van der Waals surface area contributed by atoms with Crippen LogP contribution in [0.4, 0.5) is 13.2 Å². The highest BCUT2D eigenvalue weighted by atomic mass is 19.4. The van der Waals surface area contributed by atoms with Crippen molar-refractivity contribution < 1.29 is 17.6 Å². The van der Waals surface area contributed by atoms with Gasteiger partial charge in [-0.2, -0.15) is 13.2 Å². The van der Waals surface area contributed by atoms with E-state index in [9.17, 15) is 13.2 Å². The van der Waals surface area contributed by atoms with Crippen molar-refractivity contribution >= 4 is 11.0 Å². The van der Waals surface area contributed by atoms with Crippen LogP contribution >= 0.6 is 0 Å². The molecule has 0 fully saturated rings. The Labute approximate surface area is 96.2 Å². The lowest BCUT2D eigenvalue weighted by Crippen LogP contribution is -2.17. The molecule has 2 nitrogen and oxygen atoms in total. The molecule has 0 bridgehead atoms. The lowest BCUT2D eigenvalue weighted by Gasteiger charge is -2.06. The van der Waals surface area contributed by atoms with Gasteiger partial charge in [-0.25, -0.2) is 0 Å². The van der Waals surface area contributed by atoms with Gasteiger partial charge in [-0.1, -0.05) is 6.07 Å². The molecule has 0 radical (unpaired) electrons. The molecule has 0 aliphatic heterocycles. The zero-order chi connectivity index (χ0) is 12.6. The van der Waals surface area contributed by atoms with Crippen molar-refractivity contribution in [2.45, 2.75) is 25.6 Å². The van der Waals surface area contributed by atoms with E-state index in [2.05, 4.69) is 0 Å². The lowest BCUT2D eigenvalue weighted by atomic mass is 10.1. The van der Waals surface area contributed by atoms with Crippen molar-refractivity contribution in [3.63, 3.8) is 0 Å². The van der Waals surface area contributed by atoms with E-state index in [1.165, 1.54) is 12.3 Å². The molecule has 0 saturated heterocycles. The maximum absolute atomic E-state index is 12.5. The molecular weight excluding hydrogens is 231 g/mol. The minimum Gasteiger partial charge on any atom is -0.464 e. The van der Waals surface area contributed by atoms with Gasteiger partial charge in [0.2, 0.25) is 0 Å². The van der Waals surface area contributed by atoms with Crippen LogP contribution in [0.3, 0.4) is 0 Å². The smallest absolute Gasteiger partial charge is 0.416 e. The molecule has 17 heavy (non-hydrogen) atoms. The predicted octanol–water partition coefficient (Wildman–Crippen LogP) is 3.34. The monoisotopic (exact) mass is 243 g/mol. The summed E-state index contributed by atoms with van der Waals surface area (Å²) >= 11 is 0. The first kappa shape index (κ1) is 12.0. The minimum absolute atomic E-state index is 0.0573. The maximum Gasteiger partial charge on any atom is 0.416 e. The van der Waals surface area contributed by atoms with Crippen molar-refractivity contribution in [1.82, 2.24) is 0 Å². The highest BCUT2D eigenvalue weighted by Gasteiger charge is 2.31. The third kappa shape index (κ3) is 2.44. The third-order valence-corrected chi connectivity index (χ3v) is 2.52. The molecular formula is C12H12F3NO. The van der Waals surface area contributed by atoms with Crippen molar-refractivity contribution in [1.29, 1.82) is 0 Å². The quantitative estimate of drug-likeness (QED) is 0.878. The van der Waals surface area contributed by atoms with Gasteiger partial charge in [0.25, 0.3) is 0 Å². The molecule has 0 spiro atoms. The van der Waals surface area contributed by atoms with Crippen molar-refractivity contribution in [3.8, 4) is 0 Å². The second kappa shape index (κ2) is 4.07. The summed E-state index contributed by atoms with van der Waals surface area (Å²) in [5.41, 5.74) is 6.03. The number of halogens is 3. The molecule has 0 saturated carbocycles. The van der Waals surface area contributed by atoms with Gasteiger partial charge in [0.15, 0.2) is 0 Å². The SMILES string of the molecule is CC(N)Cc1coc2cc(C(F)(F)F)ccc12. The molecule has 0 aliphatic carbocycles. The largest absolute Gasteiger partial charge is 0.464 e. The second-order valence-electron chi connectivity index (χ2n) is 4.15. The fraction of sp³-hybridized carbons (Fsp3) is 0.333. The molecule has 2 rings (SSSR count). The van der Waals surface area contributed by atoms with Crippen LogP contribution in [0.5, 0.6) is 0 Å². The van der Waals surface area contributed by atoms with Gasteiger partial charge in [0.05, 0.1) is 11.8 Å². The van der Waals surface area contributed by atoms with E-state index in [1.807, 2.05) is 6.92 Å². The number of rotatable bonds is 2. The third-order valence-electron chi connectivity index (χ3n) is 2.52. The number of alkyl halides is 3. The van der Waals surface area contributed by atoms with E-state index >= 15 is 0 Å². The first-order valence-electron chi connectivity index (χ1n) is 5.21. The van der Waals surface area contributed by atoms with Crippen LogP contribution in [0.1, 0.15) is 18.1 Å². The minimum atomic E-state index is -4.34. The number of hydrogen-bond acceptors (Lipinski definition) is 2. The normalized spacial score (nSPS) is 14.2. The van der Waals surface area contributed by atoms with Crippen LogP contribution in [0.15, 0.2) is 28.9 Å². The molecule has 1 heterocycles. The number of fused-ring (bicyclic) bond motifs is 1. The molecule has 5 heteroatoms. The van der Waals surface area contributed by atoms with Crippen LogP contribution in [0.2, 0.25) is 0 Å². The number of nitrogens with two attached hydrogens (primary N) is 1. The van der Waals surface area contributed by atoms with Crippen LogP contribution in [0.25, 0.3) is 11.0 Å². The summed E-state index contributed by atoms with van der Waals surface area (Å²) < 4.78 is 42.5. The maximum atomic E-state index is 12.5. The van der Waals surface area contributed by atoms with E-state index in [0.29, 0.717) is 11.8 Å². The molecule has 1 aromatic heterocycles. The predicted molar refractivity (Wildman–Crippen MR) is 58.6 cm³/mol. The highest BCUT2D eigenvalue weighted by molar-refractivity contribution is 5.81. The Hall–Kier alpha value is -1.49. The Morgan fingerprint density at radius 3 is 2.65 bits per heavy atom. The molecule has 1 unspecified atom stereocenters. The Morgan fingerprint density at radius 1 is 1.35 bits per heavy atom. The first-order valence-corrected chi connectivity index (χ1v) is 5.21. The Balaban J connectivity index is 2.45. The second-order valence-corrected chi connectivity index (χ2v) is 4.15. The van der Waals surface area contributed by atoms with Gasteiger partial charge >= 0.3 is 6.18 Å². The van der Waals surface area contributed by atoms with Gasteiger partial charge in [-0.05, 0) is 31.0 Å². The standard InChI is InChI=1S/C12H12F3NO/c1-7(16)4-8-6-17-11-5-9(12(13,14)15)2-3-10(8)11/h2-3,5-7H,4,16H2,1H3. The number of hydrogen-bond donors (Lipinski definition) is 1. The fourth-order valence-corrected chi connectivity index (χ4v) is 1.76. The van der Waals surface area contributed by atoms with E-state index in [1.54, 1.807) is 0 Å². The van der Waals surface area contributed by atoms with Crippen LogP contribution in [-0.4, -0.2) is 6.04 Å². The molecule has 2 aromatic rings. The molecule has 92 valence electrons. The van der Waals surface area contributed by atoms with Gasteiger partial charge in [-0.15, -0.1) is 0 Å². The summed E-state index contributed by atoms with van der Waals surface area (Å²) in [4.78, 5) is 0. The Morgan fingerprint density at radius 2 is 2.06 bits per heavy atom. The number of furan rings is 1. The fourth-order valence-electron chi connectivity index (χ4n) is 1.76. The zero-order valence-corrected chi connectivity index (χ0v) is 9.21. The van der Waals surface area contributed by atoms with E-state index < -0.39 is 11.7 Å². The van der Waals surface area contributed by atoms with Crippen molar-refractivity contribution in [2.75, 3.05) is 0 Å². The van der Waals surface area contributed by atoms with E-state index in [0.717, 1.165) is 17.7 Å². The lowest BCUT2D eigenvalue weighted by molar-refractivity contribution is -0.137. The van der Waals surface area contributed by atoms with E-state index in [4.69, 9.17) is 10.2 Å². The Bertz CT molecular complexity index is 528. The summed E-state index contributed by atoms with van der Waals surface area (Å²) in [6.45, 7) is 1.84. The van der Waals surface area contributed by atoms with Gasteiger partial charge in [0, 0.05) is 11.4 Å². The van der Waals surface area contributed by atoms with Gasteiger partial charge < -0.3 is 10.2 Å². The summed E-state index contributed by atoms with van der Waals surface area (Å²) in [5.74, 6) is 0. The zero-order valence-electron chi connectivity index (χ0n) is 9.21. The van der Waals surface area contributed by atoms with Crippen LogP contribution in [0, 0.1) is 0 Å². The molecule has 2 N–H and O–H groups in total. The van der Waals surface area contributed by atoms with Crippen LogP contribution in [-0.2, 0) is 12.6 Å². The molecule has 1 aromatic carbocycles. The van der Waals surface area contributed by atoms with Crippen LogP contribution < -0.4 is 5.73 Å². The average Bonchev–Trinajstić information content (AvgIpc) is 2.59. The number of benzene rings is 1. The summed E-state index contributed by atoms with van der Waals surface area (Å²) in [7, 11) is 0. The van der Waals surface area contributed by atoms with Gasteiger partial charge in [0.1, 0.15) is 5.58 Å². The van der Waals surface area contributed by atoms with Crippen molar-refractivity contribution in [2.24, 2.45) is 5.73 Å². The topological polar surface area (TPSA) is 39.2 Å². The van der Waals surface area contributed by atoms with Gasteiger partial charge in [-0.3, -0.25) is 0 Å². The first-order chi connectivity index (χ1) is 7.88. The van der Waals surface area contributed by atoms with E-state index in [-0.39, 0.29) is 11.6 Å². The summed E-state index contributed by atoms with van der Waals surface area (Å²) in [5, 5.41) is 0.690. The highest BCUT2D eigenvalue weighted by Crippen LogP contribution is 2.32. The molecule has 0 aliphatic rings. The average molecular weight is 243 g/mol. The molecule has 1 atom stereocenters. The molecule has 0 amide bonds.